The van der Waals surface area contributed by atoms with Gasteiger partial charge in [0.25, 0.3) is 5.91 Å². The van der Waals surface area contributed by atoms with Crippen LogP contribution in [0.25, 0.3) is 0 Å². The normalized spacial score (nSPS) is 23.0. The standard InChI is InChI=1S/C13H17NO4S/c1-19-9-4-2-8(3-5-9)14-12(15)10-6-7-11(18-10)13(16)17/h6-9H,2-5H2,1H3,(H,14,15)(H,16,17). The van der Waals surface area contributed by atoms with E-state index >= 15 is 0 Å². The summed E-state index contributed by atoms with van der Waals surface area (Å²) in [7, 11) is 0. The molecule has 1 saturated carbocycles. The molecule has 5 nitrogen and oxygen atoms in total. The van der Waals surface area contributed by atoms with Gasteiger partial charge in [-0.25, -0.2) is 4.79 Å². The summed E-state index contributed by atoms with van der Waals surface area (Å²) in [4.78, 5) is 22.6. The molecule has 0 aromatic carbocycles. The quantitative estimate of drug-likeness (QED) is 0.887. The van der Waals surface area contributed by atoms with Crippen LogP contribution in [0.2, 0.25) is 0 Å². The van der Waals surface area contributed by atoms with Crippen LogP contribution < -0.4 is 5.32 Å². The molecule has 1 aromatic heterocycles. The molecular formula is C13H17NO4S. The van der Waals surface area contributed by atoms with Gasteiger partial charge < -0.3 is 14.8 Å². The minimum Gasteiger partial charge on any atom is -0.475 e. The van der Waals surface area contributed by atoms with Gasteiger partial charge in [0.2, 0.25) is 5.76 Å². The lowest BCUT2D eigenvalue weighted by atomic mass is 9.95. The number of furan rings is 1. The molecule has 2 N–H and O–H groups in total. The minimum absolute atomic E-state index is 0.0596. The highest BCUT2D eigenvalue weighted by atomic mass is 32.2. The van der Waals surface area contributed by atoms with E-state index in [1.54, 1.807) is 0 Å². The third-order valence-electron chi connectivity index (χ3n) is 3.38. The van der Waals surface area contributed by atoms with E-state index in [0.717, 1.165) is 25.7 Å². The number of rotatable bonds is 4. The Morgan fingerprint density at radius 1 is 1.26 bits per heavy atom. The zero-order valence-electron chi connectivity index (χ0n) is 10.7. The van der Waals surface area contributed by atoms with Gasteiger partial charge in [0.15, 0.2) is 5.76 Å². The molecular weight excluding hydrogens is 266 g/mol. The van der Waals surface area contributed by atoms with Crippen molar-refractivity contribution in [1.82, 2.24) is 5.32 Å². The summed E-state index contributed by atoms with van der Waals surface area (Å²) >= 11 is 1.87. The zero-order valence-corrected chi connectivity index (χ0v) is 11.5. The van der Waals surface area contributed by atoms with Crippen LogP contribution in [0.4, 0.5) is 0 Å². The molecule has 0 spiro atoms. The van der Waals surface area contributed by atoms with Gasteiger partial charge in [0.05, 0.1) is 0 Å². The van der Waals surface area contributed by atoms with E-state index in [9.17, 15) is 9.59 Å². The topological polar surface area (TPSA) is 79.5 Å². The average Bonchev–Trinajstić information content (AvgIpc) is 2.89. The largest absolute Gasteiger partial charge is 0.475 e. The molecule has 6 heteroatoms. The second-order valence-corrected chi connectivity index (χ2v) is 5.79. The van der Waals surface area contributed by atoms with Gasteiger partial charge in [-0.15, -0.1) is 0 Å². The van der Waals surface area contributed by atoms with Crippen molar-refractivity contribution >= 4 is 23.6 Å². The number of hydrogen-bond acceptors (Lipinski definition) is 4. The van der Waals surface area contributed by atoms with Crippen molar-refractivity contribution in [2.45, 2.75) is 37.0 Å². The third kappa shape index (κ3) is 3.53. The van der Waals surface area contributed by atoms with Crippen molar-refractivity contribution in [1.29, 1.82) is 0 Å². The number of carbonyl (C=O) groups is 2. The number of carbonyl (C=O) groups excluding carboxylic acids is 1. The molecule has 0 bridgehead atoms. The molecule has 0 atom stereocenters. The van der Waals surface area contributed by atoms with Gasteiger partial charge in [-0.05, 0) is 44.1 Å². The Morgan fingerprint density at radius 3 is 2.42 bits per heavy atom. The molecule has 0 aliphatic heterocycles. The molecule has 2 rings (SSSR count). The minimum atomic E-state index is -1.17. The second kappa shape index (κ2) is 6.14. The number of thioether (sulfide) groups is 1. The first-order valence-corrected chi connectivity index (χ1v) is 7.55. The Labute approximate surface area is 115 Å². The summed E-state index contributed by atoms with van der Waals surface area (Å²) in [5, 5.41) is 12.3. The van der Waals surface area contributed by atoms with Crippen molar-refractivity contribution in [3.05, 3.63) is 23.7 Å². The van der Waals surface area contributed by atoms with Crippen LogP contribution >= 0.6 is 11.8 Å². The van der Waals surface area contributed by atoms with Crippen LogP contribution in [0.1, 0.15) is 46.8 Å². The highest BCUT2D eigenvalue weighted by Gasteiger charge is 2.23. The van der Waals surface area contributed by atoms with Gasteiger partial charge in [-0.3, -0.25) is 4.79 Å². The molecule has 0 radical (unpaired) electrons. The van der Waals surface area contributed by atoms with Gasteiger partial charge in [0.1, 0.15) is 0 Å². The molecule has 1 aliphatic carbocycles. The lowest BCUT2D eigenvalue weighted by molar-refractivity contribution is 0.0659. The number of hydrogen-bond donors (Lipinski definition) is 2. The van der Waals surface area contributed by atoms with Gasteiger partial charge >= 0.3 is 5.97 Å². The summed E-state index contributed by atoms with van der Waals surface area (Å²) in [5.41, 5.74) is 0. The van der Waals surface area contributed by atoms with E-state index in [1.165, 1.54) is 12.1 Å². The number of nitrogens with one attached hydrogen (secondary N) is 1. The van der Waals surface area contributed by atoms with E-state index in [2.05, 4.69) is 11.6 Å². The molecule has 1 amide bonds. The zero-order chi connectivity index (χ0) is 13.8. The van der Waals surface area contributed by atoms with Crippen molar-refractivity contribution in [2.24, 2.45) is 0 Å². The van der Waals surface area contributed by atoms with Gasteiger partial charge in [-0.1, -0.05) is 0 Å². The lowest BCUT2D eigenvalue weighted by Crippen LogP contribution is -2.37. The van der Waals surface area contributed by atoms with Gasteiger partial charge in [0, 0.05) is 11.3 Å². The van der Waals surface area contributed by atoms with E-state index in [4.69, 9.17) is 9.52 Å². The molecule has 0 saturated heterocycles. The SMILES string of the molecule is CSC1CCC(NC(=O)c2ccc(C(=O)O)o2)CC1. The van der Waals surface area contributed by atoms with Crippen molar-refractivity contribution in [3.8, 4) is 0 Å². The van der Waals surface area contributed by atoms with Crippen LogP contribution in [-0.4, -0.2) is 34.5 Å². The van der Waals surface area contributed by atoms with Crippen molar-refractivity contribution < 1.29 is 19.1 Å². The van der Waals surface area contributed by atoms with E-state index in [-0.39, 0.29) is 23.5 Å². The maximum Gasteiger partial charge on any atom is 0.371 e. The number of carboxylic acid groups (broad SMARTS) is 1. The first kappa shape index (κ1) is 14.0. The van der Waals surface area contributed by atoms with E-state index < -0.39 is 5.97 Å². The second-order valence-electron chi connectivity index (χ2n) is 4.65. The van der Waals surface area contributed by atoms with Crippen LogP contribution in [0.15, 0.2) is 16.5 Å². The Morgan fingerprint density at radius 2 is 1.89 bits per heavy atom. The first-order valence-electron chi connectivity index (χ1n) is 6.27. The fourth-order valence-corrected chi connectivity index (χ4v) is 3.02. The molecule has 0 unspecified atom stereocenters. The Hall–Kier alpha value is -1.43. The summed E-state index contributed by atoms with van der Waals surface area (Å²) < 4.78 is 4.97. The molecule has 1 fully saturated rings. The maximum absolute atomic E-state index is 11.9. The highest BCUT2D eigenvalue weighted by molar-refractivity contribution is 7.99. The monoisotopic (exact) mass is 283 g/mol. The smallest absolute Gasteiger partial charge is 0.371 e. The van der Waals surface area contributed by atoms with Gasteiger partial charge in [-0.2, -0.15) is 11.8 Å². The lowest BCUT2D eigenvalue weighted by Gasteiger charge is -2.27. The fourth-order valence-electron chi connectivity index (χ4n) is 2.27. The van der Waals surface area contributed by atoms with Crippen molar-refractivity contribution in [3.63, 3.8) is 0 Å². The van der Waals surface area contributed by atoms with E-state index in [1.807, 2.05) is 11.8 Å². The predicted octanol–water partition coefficient (Wildman–Crippen LogP) is 2.38. The molecule has 19 heavy (non-hydrogen) atoms. The number of aromatic carboxylic acids is 1. The van der Waals surface area contributed by atoms with E-state index in [0.29, 0.717) is 5.25 Å². The number of amides is 1. The summed E-state index contributed by atoms with van der Waals surface area (Å²) in [6, 6.07) is 2.85. The Kier molecular flexibility index (Phi) is 4.52. The van der Waals surface area contributed by atoms with Crippen molar-refractivity contribution in [2.75, 3.05) is 6.26 Å². The fraction of sp³-hybridized carbons (Fsp3) is 0.538. The average molecular weight is 283 g/mol. The summed E-state index contributed by atoms with van der Waals surface area (Å²) in [5.74, 6) is -1.65. The maximum atomic E-state index is 11.9. The Bertz CT molecular complexity index is 463. The third-order valence-corrected chi connectivity index (χ3v) is 4.52. The van der Waals surface area contributed by atoms with Crippen LogP contribution in [0, 0.1) is 0 Å². The molecule has 1 aliphatic rings. The summed E-state index contributed by atoms with van der Waals surface area (Å²) in [6.45, 7) is 0. The number of carboxylic acids is 1. The molecule has 1 aromatic rings. The Balaban J connectivity index is 1.88. The van der Waals surface area contributed by atoms with Crippen LogP contribution in [0.5, 0.6) is 0 Å². The highest BCUT2D eigenvalue weighted by Crippen LogP contribution is 2.27. The molecule has 104 valence electrons. The predicted molar refractivity (Wildman–Crippen MR) is 72.7 cm³/mol. The van der Waals surface area contributed by atoms with Crippen LogP contribution in [0.3, 0.4) is 0 Å². The molecule has 1 heterocycles. The van der Waals surface area contributed by atoms with Crippen LogP contribution in [-0.2, 0) is 0 Å². The summed E-state index contributed by atoms with van der Waals surface area (Å²) in [6.07, 6.45) is 6.24. The first-order chi connectivity index (χ1) is 9.10.